The van der Waals surface area contributed by atoms with Crippen LogP contribution in [0.4, 0.5) is 0 Å². The van der Waals surface area contributed by atoms with E-state index in [1.165, 1.54) is 0 Å². The maximum atomic E-state index is 11.2. The van der Waals surface area contributed by atoms with Crippen molar-refractivity contribution in [2.75, 3.05) is 0 Å². The van der Waals surface area contributed by atoms with Crippen LogP contribution in [0.25, 0.3) is 0 Å². The van der Waals surface area contributed by atoms with Gasteiger partial charge in [-0.25, -0.2) is 0 Å². The van der Waals surface area contributed by atoms with Crippen LogP contribution < -0.4 is 0 Å². The fraction of sp³-hybridized carbons (Fsp3) is 0.700. The average Bonchev–Trinajstić information content (AvgIpc) is 2.86. The summed E-state index contributed by atoms with van der Waals surface area (Å²) in [5.74, 6) is 5.75. The first-order valence-electron chi connectivity index (χ1n) is 4.36. The molecule has 1 aliphatic carbocycles. The molecular weight excluding hydrogens is 152 g/mol. The maximum Gasteiger partial charge on any atom is 0.162 e. The third-order valence-corrected chi connectivity index (χ3v) is 2.07. The minimum Gasteiger partial charge on any atom is -0.385 e. The lowest BCUT2D eigenvalue weighted by Crippen LogP contribution is -2.21. The smallest absolute Gasteiger partial charge is 0.162 e. The molecule has 0 radical (unpaired) electrons. The molecule has 1 unspecified atom stereocenters. The summed E-state index contributed by atoms with van der Waals surface area (Å²) in [6, 6.07) is 0. The second-order valence-corrected chi connectivity index (χ2v) is 3.18. The van der Waals surface area contributed by atoms with Crippen molar-refractivity contribution in [1.82, 2.24) is 0 Å². The fourth-order valence-electron chi connectivity index (χ4n) is 1.13. The molecule has 1 N–H and O–H groups in total. The molecule has 66 valence electrons. The molecule has 0 aromatic rings. The van der Waals surface area contributed by atoms with Gasteiger partial charge in [0.25, 0.3) is 0 Å². The van der Waals surface area contributed by atoms with Crippen molar-refractivity contribution in [3.63, 3.8) is 0 Å². The van der Waals surface area contributed by atoms with Crippen LogP contribution in [0, 0.1) is 17.8 Å². The third kappa shape index (κ3) is 2.67. The normalized spacial score (nSPS) is 17.8. The zero-order chi connectivity index (χ0) is 8.97. The molecule has 0 aromatic carbocycles. The van der Waals surface area contributed by atoms with Gasteiger partial charge >= 0.3 is 0 Å². The van der Waals surface area contributed by atoms with Crippen LogP contribution in [0.3, 0.4) is 0 Å². The first-order chi connectivity index (χ1) is 5.75. The van der Waals surface area contributed by atoms with Crippen LogP contribution in [-0.2, 0) is 4.79 Å². The molecule has 0 heterocycles. The van der Waals surface area contributed by atoms with Crippen molar-refractivity contribution >= 4 is 5.78 Å². The van der Waals surface area contributed by atoms with Gasteiger partial charge in [-0.1, -0.05) is 0 Å². The van der Waals surface area contributed by atoms with Gasteiger partial charge in [-0.05, 0) is 25.7 Å². The van der Waals surface area contributed by atoms with Gasteiger partial charge in [0.05, 0.1) is 0 Å². The van der Waals surface area contributed by atoms with E-state index in [4.69, 9.17) is 0 Å². The molecule has 0 amide bonds. The highest BCUT2D eigenvalue weighted by Crippen LogP contribution is 2.33. The molecule has 0 aromatic heterocycles. The van der Waals surface area contributed by atoms with Gasteiger partial charge in [-0.3, -0.25) is 4.79 Å². The number of carbonyl (C=O) groups excluding carboxylic acids is 1. The van der Waals surface area contributed by atoms with Crippen molar-refractivity contribution in [3.8, 4) is 11.8 Å². The Morgan fingerprint density at radius 2 is 2.33 bits per heavy atom. The van der Waals surface area contributed by atoms with Crippen LogP contribution in [0.5, 0.6) is 0 Å². The predicted molar refractivity (Wildman–Crippen MR) is 46.4 cm³/mol. The Morgan fingerprint density at radius 3 is 2.83 bits per heavy atom. The molecule has 1 aliphatic rings. The predicted octanol–water partition coefficient (Wildman–Crippen LogP) is 1.13. The molecule has 1 fully saturated rings. The van der Waals surface area contributed by atoms with E-state index in [9.17, 15) is 9.90 Å². The van der Waals surface area contributed by atoms with Gasteiger partial charge in [0, 0.05) is 12.8 Å². The summed E-state index contributed by atoms with van der Waals surface area (Å²) in [7, 11) is 0. The van der Waals surface area contributed by atoms with Crippen LogP contribution in [0.1, 0.15) is 32.6 Å². The van der Waals surface area contributed by atoms with E-state index in [0.29, 0.717) is 12.8 Å². The van der Waals surface area contributed by atoms with Gasteiger partial charge in [-0.15, -0.1) is 11.8 Å². The molecule has 2 heteroatoms. The number of aliphatic hydroxyl groups excluding tert-OH is 1. The van der Waals surface area contributed by atoms with E-state index in [1.54, 1.807) is 6.92 Å². The summed E-state index contributed by atoms with van der Waals surface area (Å²) in [6.45, 7) is 1.75. The highest BCUT2D eigenvalue weighted by molar-refractivity contribution is 5.83. The van der Waals surface area contributed by atoms with Crippen LogP contribution >= 0.6 is 0 Å². The Morgan fingerprint density at radius 1 is 1.67 bits per heavy atom. The molecule has 0 spiro atoms. The first-order valence-corrected chi connectivity index (χ1v) is 4.36. The third-order valence-electron chi connectivity index (χ3n) is 2.07. The second kappa shape index (κ2) is 4.27. The molecule has 1 rings (SSSR count). The van der Waals surface area contributed by atoms with E-state index in [-0.39, 0.29) is 11.7 Å². The Hall–Kier alpha value is -0.810. The summed E-state index contributed by atoms with van der Waals surface area (Å²) < 4.78 is 0. The van der Waals surface area contributed by atoms with Crippen LogP contribution in [0.2, 0.25) is 0 Å². The van der Waals surface area contributed by atoms with Crippen molar-refractivity contribution < 1.29 is 9.90 Å². The molecule has 0 bridgehead atoms. The molecule has 1 atom stereocenters. The van der Waals surface area contributed by atoms with Crippen molar-refractivity contribution in [2.45, 2.75) is 38.7 Å². The molecular formula is C10H14O2. The second-order valence-electron chi connectivity index (χ2n) is 3.18. The molecule has 12 heavy (non-hydrogen) atoms. The van der Waals surface area contributed by atoms with E-state index < -0.39 is 6.10 Å². The SMILES string of the molecule is CC#CCCC(=O)C(O)C1CC1. The van der Waals surface area contributed by atoms with Crippen LogP contribution in [-0.4, -0.2) is 17.0 Å². The maximum absolute atomic E-state index is 11.2. The van der Waals surface area contributed by atoms with Gasteiger partial charge in [0.1, 0.15) is 6.10 Å². The topological polar surface area (TPSA) is 37.3 Å². The van der Waals surface area contributed by atoms with E-state index in [1.807, 2.05) is 0 Å². The van der Waals surface area contributed by atoms with E-state index >= 15 is 0 Å². The zero-order valence-corrected chi connectivity index (χ0v) is 7.34. The Labute approximate surface area is 73.0 Å². The lowest BCUT2D eigenvalue weighted by molar-refractivity contribution is -0.127. The van der Waals surface area contributed by atoms with Crippen molar-refractivity contribution in [2.24, 2.45) is 5.92 Å². The van der Waals surface area contributed by atoms with Gasteiger partial charge in [0.15, 0.2) is 5.78 Å². The monoisotopic (exact) mass is 166 g/mol. The Kier molecular flexibility index (Phi) is 3.31. The van der Waals surface area contributed by atoms with Gasteiger partial charge in [0.2, 0.25) is 0 Å². The summed E-state index contributed by atoms with van der Waals surface area (Å²) in [4.78, 5) is 11.2. The number of aliphatic hydroxyl groups is 1. The molecule has 1 saturated carbocycles. The quantitative estimate of drug-likeness (QED) is 0.636. The molecule has 0 saturated heterocycles. The summed E-state index contributed by atoms with van der Waals surface area (Å²) in [5, 5.41) is 9.36. The Bertz CT molecular complexity index is 218. The minimum atomic E-state index is -0.705. The standard InChI is InChI=1S/C10H14O2/c1-2-3-4-5-9(11)10(12)8-6-7-8/h8,10,12H,4-7H2,1H3. The number of rotatable bonds is 4. The summed E-state index contributed by atoms with van der Waals surface area (Å²) >= 11 is 0. The zero-order valence-electron chi connectivity index (χ0n) is 7.34. The first kappa shape index (κ1) is 9.28. The highest BCUT2D eigenvalue weighted by Gasteiger charge is 2.33. The van der Waals surface area contributed by atoms with Gasteiger partial charge < -0.3 is 5.11 Å². The van der Waals surface area contributed by atoms with E-state index in [2.05, 4.69) is 11.8 Å². The van der Waals surface area contributed by atoms with Gasteiger partial charge in [-0.2, -0.15) is 0 Å². The van der Waals surface area contributed by atoms with Crippen molar-refractivity contribution in [3.05, 3.63) is 0 Å². The molecule has 2 nitrogen and oxygen atoms in total. The lowest BCUT2D eigenvalue weighted by Gasteiger charge is -2.05. The number of Topliss-reactive ketones (excluding diaryl/α,β-unsaturated/α-hetero) is 1. The molecule has 0 aliphatic heterocycles. The summed E-state index contributed by atoms with van der Waals surface area (Å²) in [5.41, 5.74) is 0. The average molecular weight is 166 g/mol. The van der Waals surface area contributed by atoms with E-state index in [0.717, 1.165) is 12.8 Å². The number of ketones is 1. The lowest BCUT2D eigenvalue weighted by atomic mass is 10.1. The number of hydrogen-bond acceptors (Lipinski definition) is 2. The number of carbonyl (C=O) groups is 1. The largest absolute Gasteiger partial charge is 0.385 e. The number of hydrogen-bond donors (Lipinski definition) is 1. The Balaban J connectivity index is 2.20. The minimum absolute atomic E-state index is 0.0414. The fourth-order valence-corrected chi connectivity index (χ4v) is 1.13. The summed E-state index contributed by atoms with van der Waals surface area (Å²) in [6.07, 6.45) is 2.29. The highest BCUT2D eigenvalue weighted by atomic mass is 16.3. The van der Waals surface area contributed by atoms with Crippen LogP contribution in [0.15, 0.2) is 0 Å². The van der Waals surface area contributed by atoms with Crippen molar-refractivity contribution in [1.29, 1.82) is 0 Å².